The summed E-state index contributed by atoms with van der Waals surface area (Å²) >= 11 is 0. The van der Waals surface area contributed by atoms with E-state index in [0.717, 1.165) is 33.6 Å². The summed E-state index contributed by atoms with van der Waals surface area (Å²) in [6.07, 6.45) is 0. The van der Waals surface area contributed by atoms with Gasteiger partial charge in [0.15, 0.2) is 5.78 Å². The Morgan fingerprint density at radius 1 is 1.08 bits per heavy atom. The Morgan fingerprint density at radius 3 is 2.54 bits per heavy atom. The van der Waals surface area contributed by atoms with Crippen LogP contribution in [0.2, 0.25) is 0 Å². The van der Waals surface area contributed by atoms with Crippen molar-refractivity contribution in [1.29, 1.82) is 0 Å². The summed E-state index contributed by atoms with van der Waals surface area (Å²) in [4.78, 5) is 13.2. The van der Waals surface area contributed by atoms with Crippen molar-refractivity contribution in [2.75, 3.05) is 6.61 Å². The van der Waals surface area contributed by atoms with Crippen LogP contribution in [0.5, 0.6) is 5.75 Å². The van der Waals surface area contributed by atoms with Gasteiger partial charge in [0.25, 0.3) is 0 Å². The number of hydrogen-bond donors (Lipinski definition) is 0. The number of hydrogen-bond acceptors (Lipinski definition) is 3. The van der Waals surface area contributed by atoms with Crippen LogP contribution in [-0.2, 0) is 5.41 Å². The highest BCUT2D eigenvalue weighted by molar-refractivity contribution is 6.19. The van der Waals surface area contributed by atoms with Gasteiger partial charge >= 0.3 is 0 Å². The van der Waals surface area contributed by atoms with E-state index < -0.39 is 5.41 Å². The lowest BCUT2D eigenvalue weighted by Crippen LogP contribution is -2.29. The summed E-state index contributed by atoms with van der Waals surface area (Å²) in [5.41, 5.74) is 2.82. The Bertz CT molecular complexity index is 1020. The fraction of sp³-hybridized carbons (Fsp3) is 0.348. The molecule has 4 rings (SSSR count). The molecule has 0 fully saturated rings. The molecule has 0 N–H and O–H groups in total. The zero-order chi connectivity index (χ0) is 18.7. The summed E-state index contributed by atoms with van der Waals surface area (Å²) in [5.74, 6) is 1.56. The van der Waals surface area contributed by atoms with Crippen molar-refractivity contribution in [2.45, 2.75) is 40.0 Å². The molecule has 1 heterocycles. The maximum absolute atomic E-state index is 13.2. The lowest BCUT2D eigenvalue weighted by Gasteiger charge is -2.31. The summed E-state index contributed by atoms with van der Waals surface area (Å²) in [7, 11) is 0. The van der Waals surface area contributed by atoms with Gasteiger partial charge in [0, 0.05) is 16.4 Å². The number of furan rings is 1. The minimum absolute atomic E-state index is 0.0293. The zero-order valence-electron chi connectivity index (χ0n) is 16.0. The van der Waals surface area contributed by atoms with Crippen LogP contribution in [0.1, 0.15) is 61.9 Å². The molecule has 1 aliphatic rings. The fourth-order valence-corrected chi connectivity index (χ4v) is 3.60. The Kier molecular flexibility index (Phi) is 3.56. The van der Waals surface area contributed by atoms with E-state index in [2.05, 4.69) is 34.6 Å². The van der Waals surface area contributed by atoms with Crippen LogP contribution < -0.4 is 4.74 Å². The van der Waals surface area contributed by atoms with Crippen molar-refractivity contribution in [3.63, 3.8) is 0 Å². The van der Waals surface area contributed by atoms with Crippen molar-refractivity contribution in [2.24, 2.45) is 5.41 Å². The zero-order valence-corrected chi connectivity index (χ0v) is 16.0. The number of fused-ring (bicyclic) bond motifs is 4. The van der Waals surface area contributed by atoms with Crippen molar-refractivity contribution in [3.05, 3.63) is 64.9 Å². The number of benzene rings is 2. The van der Waals surface area contributed by atoms with Gasteiger partial charge in [-0.3, -0.25) is 4.79 Å². The third-order valence-electron chi connectivity index (χ3n) is 4.97. The van der Waals surface area contributed by atoms with Crippen molar-refractivity contribution in [1.82, 2.24) is 0 Å². The van der Waals surface area contributed by atoms with Gasteiger partial charge in [-0.25, -0.2) is 0 Å². The molecule has 0 saturated carbocycles. The van der Waals surface area contributed by atoms with Gasteiger partial charge in [-0.05, 0) is 49.1 Å². The van der Waals surface area contributed by atoms with E-state index in [-0.39, 0.29) is 11.2 Å². The van der Waals surface area contributed by atoms with Crippen LogP contribution in [-0.4, -0.2) is 12.4 Å². The molecule has 0 aliphatic heterocycles. The normalized spacial score (nSPS) is 15.7. The minimum Gasteiger partial charge on any atom is -0.493 e. The monoisotopic (exact) mass is 348 g/mol. The lowest BCUT2D eigenvalue weighted by atomic mass is 9.71. The first kappa shape index (κ1) is 16.9. The van der Waals surface area contributed by atoms with Gasteiger partial charge in [0.05, 0.1) is 12.2 Å². The third-order valence-corrected chi connectivity index (χ3v) is 4.97. The number of ketones is 1. The van der Waals surface area contributed by atoms with Gasteiger partial charge in [0.2, 0.25) is 0 Å². The topological polar surface area (TPSA) is 39.4 Å². The van der Waals surface area contributed by atoms with Crippen LogP contribution in [0, 0.1) is 5.41 Å². The first-order valence-electron chi connectivity index (χ1n) is 9.02. The van der Waals surface area contributed by atoms with E-state index in [4.69, 9.17) is 9.15 Å². The first-order chi connectivity index (χ1) is 12.2. The molecule has 3 heteroatoms. The highest BCUT2D eigenvalue weighted by Gasteiger charge is 2.41. The number of ether oxygens (including phenoxy) is 1. The Labute approximate surface area is 154 Å². The molecule has 26 heavy (non-hydrogen) atoms. The largest absolute Gasteiger partial charge is 0.493 e. The molecule has 2 aromatic carbocycles. The van der Waals surface area contributed by atoms with E-state index in [1.165, 1.54) is 0 Å². The van der Waals surface area contributed by atoms with E-state index in [1.54, 1.807) is 0 Å². The molecule has 0 bridgehead atoms. The Balaban J connectivity index is 1.85. The summed E-state index contributed by atoms with van der Waals surface area (Å²) in [6, 6.07) is 13.5. The standard InChI is InChI=1S/C23H24O3/c1-22(2,3)13-25-14-10-11-15-17(12-14)23(4,5)21-19(20(15)24)16-8-6-7-9-18(16)26-21/h6-12H,13H2,1-5H3. The second-order valence-corrected chi connectivity index (χ2v) is 8.81. The van der Waals surface area contributed by atoms with Crippen LogP contribution in [0.3, 0.4) is 0 Å². The quantitative estimate of drug-likeness (QED) is 0.594. The van der Waals surface area contributed by atoms with Gasteiger partial charge in [-0.15, -0.1) is 0 Å². The molecule has 0 spiro atoms. The second-order valence-electron chi connectivity index (χ2n) is 8.81. The smallest absolute Gasteiger partial charge is 0.197 e. The highest BCUT2D eigenvalue weighted by atomic mass is 16.5. The summed E-state index contributed by atoms with van der Waals surface area (Å²) < 4.78 is 12.1. The number of rotatable bonds is 2. The van der Waals surface area contributed by atoms with Gasteiger partial charge in [-0.1, -0.05) is 39.0 Å². The fourth-order valence-electron chi connectivity index (χ4n) is 3.60. The molecule has 134 valence electrons. The summed E-state index contributed by atoms with van der Waals surface area (Å²) in [5, 5.41) is 0.888. The predicted molar refractivity (Wildman–Crippen MR) is 103 cm³/mol. The average Bonchev–Trinajstić information content (AvgIpc) is 2.98. The molecular formula is C23H24O3. The van der Waals surface area contributed by atoms with Crippen LogP contribution in [0.25, 0.3) is 11.0 Å². The molecule has 3 nitrogen and oxygen atoms in total. The number of para-hydroxylation sites is 1. The van der Waals surface area contributed by atoms with Crippen molar-refractivity contribution in [3.8, 4) is 5.75 Å². The minimum atomic E-state index is -0.404. The molecule has 0 radical (unpaired) electrons. The molecule has 1 aromatic heterocycles. The van der Waals surface area contributed by atoms with Crippen molar-refractivity contribution >= 4 is 16.8 Å². The molecule has 0 amide bonds. The van der Waals surface area contributed by atoms with E-state index >= 15 is 0 Å². The van der Waals surface area contributed by atoms with E-state index in [0.29, 0.717) is 12.2 Å². The SMILES string of the molecule is CC(C)(C)COc1ccc2c(c1)C(C)(C)c1oc3ccccc3c1C2=O. The van der Waals surface area contributed by atoms with Crippen LogP contribution in [0.15, 0.2) is 46.9 Å². The molecule has 1 aliphatic carbocycles. The van der Waals surface area contributed by atoms with Gasteiger partial charge in [-0.2, -0.15) is 0 Å². The van der Waals surface area contributed by atoms with Gasteiger partial charge < -0.3 is 9.15 Å². The molecular weight excluding hydrogens is 324 g/mol. The van der Waals surface area contributed by atoms with Crippen LogP contribution in [0.4, 0.5) is 0 Å². The number of carbonyl (C=O) groups is 1. The maximum atomic E-state index is 13.2. The van der Waals surface area contributed by atoms with Gasteiger partial charge in [0.1, 0.15) is 17.1 Å². The number of carbonyl (C=O) groups excluding carboxylic acids is 1. The Morgan fingerprint density at radius 2 is 1.81 bits per heavy atom. The van der Waals surface area contributed by atoms with E-state index in [1.807, 2.05) is 42.5 Å². The van der Waals surface area contributed by atoms with E-state index in [9.17, 15) is 4.79 Å². The Hall–Kier alpha value is -2.55. The van der Waals surface area contributed by atoms with Crippen molar-refractivity contribution < 1.29 is 13.9 Å². The second kappa shape index (κ2) is 5.47. The van der Waals surface area contributed by atoms with Crippen LogP contribution >= 0.6 is 0 Å². The third kappa shape index (κ3) is 2.54. The molecule has 0 atom stereocenters. The molecule has 0 unspecified atom stereocenters. The highest BCUT2D eigenvalue weighted by Crippen LogP contribution is 2.46. The average molecular weight is 348 g/mol. The first-order valence-corrected chi connectivity index (χ1v) is 9.02. The molecule has 0 saturated heterocycles. The summed E-state index contributed by atoms with van der Waals surface area (Å²) in [6.45, 7) is 11.2. The maximum Gasteiger partial charge on any atom is 0.197 e. The predicted octanol–water partition coefficient (Wildman–Crippen LogP) is 5.73. The lowest BCUT2D eigenvalue weighted by molar-refractivity contribution is 0.102. The molecule has 3 aromatic rings.